The van der Waals surface area contributed by atoms with E-state index in [0.717, 1.165) is 37.3 Å². The van der Waals surface area contributed by atoms with Crippen molar-refractivity contribution in [2.24, 2.45) is 0 Å². The van der Waals surface area contributed by atoms with Gasteiger partial charge in [0, 0.05) is 30.7 Å². The molecule has 1 aliphatic heterocycles. The number of carbonyl (C=O) groups is 2. The van der Waals surface area contributed by atoms with E-state index in [9.17, 15) is 9.59 Å². The van der Waals surface area contributed by atoms with Crippen LogP contribution in [-0.2, 0) is 9.59 Å². The predicted octanol–water partition coefficient (Wildman–Crippen LogP) is 3.96. The van der Waals surface area contributed by atoms with Gasteiger partial charge in [0.1, 0.15) is 5.75 Å². The first-order valence-corrected chi connectivity index (χ1v) is 9.88. The topological polar surface area (TPSA) is 82.7 Å². The molecule has 0 aromatic heterocycles. The van der Waals surface area contributed by atoms with Crippen LogP contribution in [0.4, 0.5) is 22.7 Å². The number of ether oxygens (including phenoxy) is 1. The number of hydrogen-bond acceptors (Lipinski definition) is 5. The van der Waals surface area contributed by atoms with Crippen LogP contribution < -0.4 is 25.6 Å². The summed E-state index contributed by atoms with van der Waals surface area (Å²) in [6.07, 6.45) is 2.32. The lowest BCUT2D eigenvalue weighted by atomic mass is 10.2. The van der Waals surface area contributed by atoms with Crippen LogP contribution in [0.25, 0.3) is 0 Å². The number of rotatable bonds is 7. The van der Waals surface area contributed by atoms with E-state index >= 15 is 0 Å². The van der Waals surface area contributed by atoms with Gasteiger partial charge in [0.2, 0.25) is 11.8 Å². The second-order valence-electron chi connectivity index (χ2n) is 6.85. The van der Waals surface area contributed by atoms with Gasteiger partial charge in [-0.15, -0.1) is 0 Å². The van der Waals surface area contributed by atoms with Crippen molar-refractivity contribution in [2.45, 2.75) is 19.8 Å². The molecule has 1 heterocycles. The van der Waals surface area contributed by atoms with Crippen molar-refractivity contribution >= 4 is 46.2 Å². The zero-order valence-electron chi connectivity index (χ0n) is 16.5. The van der Waals surface area contributed by atoms with E-state index in [1.807, 2.05) is 18.2 Å². The lowest BCUT2D eigenvalue weighted by molar-refractivity contribution is -0.115. The van der Waals surface area contributed by atoms with Gasteiger partial charge in [-0.3, -0.25) is 9.59 Å². The minimum atomic E-state index is -0.240. The number of amides is 2. The fraction of sp³-hybridized carbons (Fsp3) is 0.333. The molecule has 8 heteroatoms. The molecule has 154 valence electrons. The third kappa shape index (κ3) is 5.54. The molecule has 0 aliphatic carbocycles. The van der Waals surface area contributed by atoms with Crippen molar-refractivity contribution in [2.75, 3.05) is 47.6 Å². The van der Waals surface area contributed by atoms with E-state index in [4.69, 9.17) is 16.3 Å². The molecule has 0 atom stereocenters. The lowest BCUT2D eigenvalue weighted by Gasteiger charge is -2.22. The number of anilines is 4. The van der Waals surface area contributed by atoms with Gasteiger partial charge in [-0.05, 0) is 49.2 Å². The Morgan fingerprint density at radius 1 is 1.07 bits per heavy atom. The summed E-state index contributed by atoms with van der Waals surface area (Å²) in [4.78, 5) is 26.1. The molecule has 0 spiro atoms. The first-order valence-electron chi connectivity index (χ1n) is 9.50. The summed E-state index contributed by atoms with van der Waals surface area (Å²) < 4.78 is 5.30. The average Bonchev–Trinajstić information content (AvgIpc) is 3.21. The fourth-order valence-corrected chi connectivity index (χ4v) is 3.51. The monoisotopic (exact) mass is 416 g/mol. The van der Waals surface area contributed by atoms with Crippen LogP contribution in [0.3, 0.4) is 0 Å². The van der Waals surface area contributed by atoms with E-state index in [-0.39, 0.29) is 18.4 Å². The Hall–Kier alpha value is -2.93. The molecular formula is C21H25ClN4O3. The zero-order chi connectivity index (χ0) is 20.8. The summed E-state index contributed by atoms with van der Waals surface area (Å²) in [5.74, 6) is 0.0769. The van der Waals surface area contributed by atoms with Crippen molar-refractivity contribution in [3.63, 3.8) is 0 Å². The van der Waals surface area contributed by atoms with Crippen LogP contribution in [-0.4, -0.2) is 38.6 Å². The Labute approximate surface area is 175 Å². The standard InChI is InChI=1S/C21H25ClN4O3/c1-14(27)24-16-6-8-20(29-2)18(12-16)25-21(28)13-23-17-11-15(22)5-7-19(17)26-9-3-4-10-26/h5-8,11-12,23H,3-4,9-10,13H2,1-2H3,(H,24,27)(H,25,28). The number of benzene rings is 2. The Bertz CT molecular complexity index is 897. The quantitative estimate of drug-likeness (QED) is 0.636. The Morgan fingerprint density at radius 3 is 2.52 bits per heavy atom. The molecule has 2 aromatic rings. The van der Waals surface area contributed by atoms with Gasteiger partial charge in [0.15, 0.2) is 0 Å². The molecule has 7 nitrogen and oxygen atoms in total. The molecule has 1 fully saturated rings. The molecule has 3 N–H and O–H groups in total. The van der Waals surface area contributed by atoms with Crippen molar-refractivity contribution in [3.8, 4) is 5.75 Å². The number of nitrogens with zero attached hydrogens (tertiary/aromatic N) is 1. The highest BCUT2D eigenvalue weighted by atomic mass is 35.5. The summed E-state index contributed by atoms with van der Waals surface area (Å²) in [7, 11) is 1.52. The van der Waals surface area contributed by atoms with Crippen LogP contribution in [0.2, 0.25) is 5.02 Å². The van der Waals surface area contributed by atoms with Gasteiger partial charge in [0.05, 0.1) is 30.7 Å². The Kier molecular flexibility index (Phi) is 6.82. The predicted molar refractivity (Wildman–Crippen MR) is 117 cm³/mol. The lowest BCUT2D eigenvalue weighted by Crippen LogP contribution is -2.24. The molecule has 0 bridgehead atoms. The van der Waals surface area contributed by atoms with E-state index in [2.05, 4.69) is 20.9 Å². The van der Waals surface area contributed by atoms with Gasteiger partial charge in [-0.25, -0.2) is 0 Å². The van der Waals surface area contributed by atoms with Crippen molar-refractivity contribution < 1.29 is 14.3 Å². The molecule has 0 saturated carbocycles. The Balaban J connectivity index is 1.69. The summed E-state index contributed by atoms with van der Waals surface area (Å²) in [6.45, 7) is 3.48. The SMILES string of the molecule is COc1ccc(NC(C)=O)cc1NC(=O)CNc1cc(Cl)ccc1N1CCCC1. The zero-order valence-corrected chi connectivity index (χ0v) is 17.3. The molecule has 1 saturated heterocycles. The number of hydrogen-bond donors (Lipinski definition) is 3. The van der Waals surface area contributed by atoms with Gasteiger partial charge in [-0.2, -0.15) is 0 Å². The largest absolute Gasteiger partial charge is 0.495 e. The molecule has 29 heavy (non-hydrogen) atoms. The maximum atomic E-state index is 12.5. The van der Waals surface area contributed by atoms with E-state index in [0.29, 0.717) is 22.1 Å². The van der Waals surface area contributed by atoms with Crippen LogP contribution in [0.1, 0.15) is 19.8 Å². The Morgan fingerprint density at radius 2 is 1.83 bits per heavy atom. The summed E-state index contributed by atoms with van der Waals surface area (Å²) in [5.41, 5.74) is 2.93. The molecule has 1 aliphatic rings. The third-order valence-corrected chi connectivity index (χ3v) is 4.87. The molecule has 3 rings (SSSR count). The first-order chi connectivity index (χ1) is 14.0. The number of methoxy groups -OCH3 is 1. The van der Waals surface area contributed by atoms with Crippen LogP contribution in [0, 0.1) is 0 Å². The fourth-order valence-electron chi connectivity index (χ4n) is 3.34. The van der Waals surface area contributed by atoms with E-state index < -0.39 is 0 Å². The molecule has 0 radical (unpaired) electrons. The summed E-state index contributed by atoms with van der Waals surface area (Å²) in [5, 5.41) is 9.31. The normalized spacial score (nSPS) is 13.1. The summed E-state index contributed by atoms with van der Waals surface area (Å²) >= 11 is 6.16. The summed E-state index contributed by atoms with van der Waals surface area (Å²) in [6, 6.07) is 10.7. The maximum absolute atomic E-state index is 12.5. The highest BCUT2D eigenvalue weighted by Crippen LogP contribution is 2.32. The van der Waals surface area contributed by atoms with Gasteiger partial charge in [-0.1, -0.05) is 11.6 Å². The van der Waals surface area contributed by atoms with Crippen LogP contribution in [0.5, 0.6) is 5.75 Å². The number of nitrogens with one attached hydrogen (secondary N) is 3. The number of halogens is 1. The van der Waals surface area contributed by atoms with Crippen molar-refractivity contribution in [1.29, 1.82) is 0 Å². The molecule has 2 aromatic carbocycles. The van der Waals surface area contributed by atoms with Crippen LogP contribution in [0.15, 0.2) is 36.4 Å². The third-order valence-electron chi connectivity index (χ3n) is 4.64. The highest BCUT2D eigenvalue weighted by Gasteiger charge is 2.17. The smallest absolute Gasteiger partial charge is 0.243 e. The van der Waals surface area contributed by atoms with Crippen molar-refractivity contribution in [3.05, 3.63) is 41.4 Å². The molecule has 2 amide bonds. The molecule has 0 unspecified atom stereocenters. The maximum Gasteiger partial charge on any atom is 0.243 e. The van der Waals surface area contributed by atoms with E-state index in [1.165, 1.54) is 14.0 Å². The highest BCUT2D eigenvalue weighted by molar-refractivity contribution is 6.31. The van der Waals surface area contributed by atoms with Crippen LogP contribution >= 0.6 is 11.6 Å². The van der Waals surface area contributed by atoms with Crippen molar-refractivity contribution in [1.82, 2.24) is 0 Å². The first kappa shape index (κ1) is 20.8. The average molecular weight is 417 g/mol. The second-order valence-corrected chi connectivity index (χ2v) is 7.29. The second kappa shape index (κ2) is 9.52. The van der Waals surface area contributed by atoms with Gasteiger partial charge in [0.25, 0.3) is 0 Å². The molecular weight excluding hydrogens is 392 g/mol. The van der Waals surface area contributed by atoms with E-state index in [1.54, 1.807) is 18.2 Å². The minimum Gasteiger partial charge on any atom is -0.495 e. The van der Waals surface area contributed by atoms with Gasteiger partial charge >= 0.3 is 0 Å². The van der Waals surface area contributed by atoms with Gasteiger partial charge < -0.3 is 25.6 Å². The minimum absolute atomic E-state index is 0.0642. The number of carbonyl (C=O) groups excluding carboxylic acids is 2.